The summed E-state index contributed by atoms with van der Waals surface area (Å²) >= 11 is 0. The molecule has 8 aromatic carbocycles. The third-order valence-electron chi connectivity index (χ3n) is 26.1. The third-order valence-corrected chi connectivity index (χ3v) is 26.1. The number of fused-ring (bicyclic) bond motifs is 8. The average Bonchev–Trinajstić information content (AvgIpc) is 1.73. The molecule has 12 aliphatic heterocycles. The number of hydrogen-bond donors (Lipinski definition) is 1. The normalized spacial score (nSPS) is 26.1. The van der Waals surface area contributed by atoms with Crippen LogP contribution in [0.3, 0.4) is 0 Å². The van der Waals surface area contributed by atoms with Gasteiger partial charge >= 0.3 is 0 Å². The van der Waals surface area contributed by atoms with Crippen molar-refractivity contribution in [2.24, 2.45) is 17.8 Å². The van der Waals surface area contributed by atoms with Crippen molar-refractivity contribution in [2.45, 2.75) is 146 Å². The van der Waals surface area contributed by atoms with E-state index in [1.54, 1.807) is 55.8 Å². The molecular formula is C93H110N4O20. The molecular weight excluding hydrogens is 1490 g/mol. The molecule has 1 N–H and O–H groups in total. The van der Waals surface area contributed by atoms with Gasteiger partial charge in [0.2, 0.25) is 32.9 Å². The first kappa shape index (κ1) is 79.1. The van der Waals surface area contributed by atoms with E-state index in [9.17, 15) is 5.11 Å². The number of rotatable bonds is 15. The first-order chi connectivity index (χ1) is 57.0. The summed E-state index contributed by atoms with van der Waals surface area (Å²) in [5.74, 6) is 15.5. The number of aromatic hydroxyl groups is 1. The molecule has 20 rings (SSSR count). The molecule has 24 nitrogen and oxygen atoms in total. The van der Waals surface area contributed by atoms with E-state index in [1.807, 2.05) is 60.7 Å². The second-order valence-electron chi connectivity index (χ2n) is 32.6. The van der Waals surface area contributed by atoms with Gasteiger partial charge in [0.25, 0.3) is 0 Å². The molecule has 0 spiro atoms. The molecule has 117 heavy (non-hydrogen) atoms. The van der Waals surface area contributed by atoms with Crippen LogP contribution in [0.15, 0.2) is 121 Å². The van der Waals surface area contributed by atoms with Gasteiger partial charge in [-0.15, -0.1) is 0 Å². The van der Waals surface area contributed by atoms with E-state index in [2.05, 4.69) is 109 Å². The summed E-state index contributed by atoms with van der Waals surface area (Å²) in [6, 6.07) is 40.3. The maximum atomic E-state index is 10.9. The Morgan fingerprint density at radius 1 is 0.350 bits per heavy atom. The van der Waals surface area contributed by atoms with Crippen molar-refractivity contribution in [3.05, 3.63) is 166 Å². The average molecular weight is 1600 g/mol. The van der Waals surface area contributed by atoms with Crippen LogP contribution in [0.2, 0.25) is 0 Å². The lowest BCUT2D eigenvalue weighted by atomic mass is 9.74. The van der Waals surface area contributed by atoms with Crippen molar-refractivity contribution >= 4 is 0 Å². The molecule has 11 unspecified atom stereocenters. The van der Waals surface area contributed by atoms with Crippen LogP contribution in [0.1, 0.15) is 167 Å². The Hall–Kier alpha value is -10.4. The number of likely N-dealkylation sites (tertiary alicyclic amines) is 4. The molecule has 0 amide bonds. The van der Waals surface area contributed by atoms with E-state index in [0.717, 1.165) is 178 Å². The lowest BCUT2D eigenvalue weighted by Gasteiger charge is -2.50. The second kappa shape index (κ2) is 33.5. The Labute approximate surface area is 685 Å². The Balaban J connectivity index is 0.000000112. The number of hydrogen-bond acceptors (Lipinski definition) is 24. The van der Waals surface area contributed by atoms with Crippen molar-refractivity contribution in [1.29, 1.82) is 0 Å². The van der Waals surface area contributed by atoms with Crippen molar-refractivity contribution in [1.82, 2.24) is 19.6 Å². The number of piperidine rings is 1. The maximum absolute atomic E-state index is 10.9. The molecule has 4 fully saturated rings. The van der Waals surface area contributed by atoms with Crippen LogP contribution < -0.4 is 90.0 Å². The van der Waals surface area contributed by atoms with Gasteiger partial charge in [0.05, 0.1) is 49.8 Å². The summed E-state index contributed by atoms with van der Waals surface area (Å²) < 4.78 is 110. The predicted octanol–water partition coefficient (Wildman–Crippen LogP) is 16.7. The summed E-state index contributed by atoms with van der Waals surface area (Å²) in [5.41, 5.74) is 7.85. The number of ether oxygens (including phenoxy) is 19. The molecule has 622 valence electrons. The number of nitrogens with zero attached hydrogens (tertiary/aromatic N) is 4. The molecule has 0 aliphatic carbocycles. The number of benzene rings is 8. The molecule has 0 aromatic heterocycles. The van der Waals surface area contributed by atoms with E-state index in [-0.39, 0.29) is 92.5 Å². The Kier molecular flexibility index (Phi) is 22.7. The van der Waals surface area contributed by atoms with Gasteiger partial charge in [0.1, 0.15) is 40.2 Å². The van der Waals surface area contributed by atoms with E-state index in [4.69, 9.17) is 90.0 Å². The van der Waals surface area contributed by atoms with Gasteiger partial charge in [-0.2, -0.15) is 0 Å². The highest BCUT2D eigenvalue weighted by Gasteiger charge is 2.52. The quantitative estimate of drug-likeness (QED) is 0.101. The van der Waals surface area contributed by atoms with Crippen molar-refractivity contribution in [3.63, 3.8) is 0 Å². The number of phenols is 1. The largest absolute Gasteiger partial charge is 0.504 e. The van der Waals surface area contributed by atoms with Crippen molar-refractivity contribution in [2.75, 3.05) is 129 Å². The summed E-state index contributed by atoms with van der Waals surface area (Å²) in [5, 5.41) is 10.9. The first-order valence-corrected chi connectivity index (χ1v) is 41.5. The fourth-order valence-electron chi connectivity index (χ4n) is 19.9. The van der Waals surface area contributed by atoms with Crippen molar-refractivity contribution in [3.8, 4) is 115 Å². The fourth-order valence-corrected chi connectivity index (χ4v) is 19.9. The molecule has 11 atom stereocenters. The highest BCUT2D eigenvalue weighted by Crippen LogP contribution is 2.59. The summed E-state index contributed by atoms with van der Waals surface area (Å²) in [6.07, 6.45) is 11.7. The molecule has 12 aliphatic rings. The number of phenolic OH excluding ortho intramolecular Hbond substituents is 1. The minimum Gasteiger partial charge on any atom is -0.504 e. The molecule has 0 bridgehead atoms. The minimum atomic E-state index is -0.447. The lowest BCUT2D eigenvalue weighted by Crippen LogP contribution is -2.57. The van der Waals surface area contributed by atoms with Crippen LogP contribution in [0.4, 0.5) is 0 Å². The standard InChI is InChI=1S/C25H31NO6.C23H27NO5.C23H27NO4.C22H25NO5/c1-15-23(16-10-21(27-2)24(29-4)22(11-16)28-3)17-12-19-20(31-14-30-19)13-18(17)32-25(15)26-8-6-5-7-9-26;1-14-22(16-7-6-15(25-2)10-18(16)26-3)17-11-20-21(28-13-27-20)12-19(17)29-23(14)24-8-4-5-9-24;1-15-22(16-7-6-8-17(11-16)25-3)18-12-20-21(27-14-26-20)13-19(18)28-23(15,2)24-9-4-5-10-24;1-22(23-8-3-4-9-23)12-16(14-6-5-7-17(25-2)21(14)24)15-10-19-20(27-13-26-19)11-18(15)28-22/h10-13,15,23,25H,5-9,14H2,1-4H3;6-7,10-12,14,22-23H,4-5,8-9,13H2,1-3H3;6-8,11-13,15,22H,4-5,9-10,14H2,1-3H3;5-7,10-11,16,24H,3-4,8-9,12-13H2,1-2H3. The van der Waals surface area contributed by atoms with E-state index >= 15 is 0 Å². The van der Waals surface area contributed by atoms with E-state index in [0.29, 0.717) is 28.7 Å². The van der Waals surface area contributed by atoms with Crippen LogP contribution in [-0.4, -0.2) is 178 Å². The minimum absolute atomic E-state index is 0.0159. The van der Waals surface area contributed by atoms with Gasteiger partial charge in [-0.3, -0.25) is 19.6 Å². The van der Waals surface area contributed by atoms with Crippen LogP contribution in [0.25, 0.3) is 0 Å². The Bertz CT molecular complexity index is 4880. The van der Waals surface area contributed by atoms with Crippen LogP contribution in [0, 0.1) is 17.8 Å². The SMILES string of the molecule is COc1cc(C2c3cc4c(cc3OC(N3CCCCC3)C2C)OCO4)cc(OC)c1OC.COc1ccc(C2c3cc4c(cc3OC(N3CCCC3)C2C)OCO4)c(OC)c1.COc1cccc(C2CC(C)(N3CCCC3)Oc3cc4c(cc32)OCO4)c1O.COc1cccc(C2c3cc4c(cc3OC(C)(N3CCCC3)C2C)OCO4)c1. The molecule has 8 aromatic rings. The predicted molar refractivity (Wildman–Crippen MR) is 438 cm³/mol. The van der Waals surface area contributed by atoms with Gasteiger partial charge in [-0.25, -0.2) is 0 Å². The Morgan fingerprint density at radius 2 is 0.795 bits per heavy atom. The van der Waals surface area contributed by atoms with Crippen LogP contribution in [-0.2, 0) is 0 Å². The Morgan fingerprint density at radius 3 is 1.32 bits per heavy atom. The van der Waals surface area contributed by atoms with Crippen molar-refractivity contribution < 1.29 is 95.1 Å². The van der Waals surface area contributed by atoms with Gasteiger partial charge in [0, 0.05) is 164 Å². The molecule has 0 radical (unpaired) electrons. The zero-order chi connectivity index (χ0) is 80.8. The first-order valence-electron chi connectivity index (χ1n) is 41.5. The van der Waals surface area contributed by atoms with Gasteiger partial charge in [-0.1, -0.05) is 57.5 Å². The maximum Gasteiger partial charge on any atom is 0.231 e. The monoisotopic (exact) mass is 1600 g/mol. The van der Waals surface area contributed by atoms with Crippen LogP contribution >= 0.6 is 0 Å². The van der Waals surface area contributed by atoms with E-state index < -0.39 is 5.72 Å². The number of para-hydroxylation sites is 1. The molecule has 4 saturated heterocycles. The second-order valence-corrected chi connectivity index (χ2v) is 32.6. The zero-order valence-corrected chi connectivity index (χ0v) is 69.3. The topological polar surface area (TPSA) is 209 Å². The molecule has 24 heteroatoms. The van der Waals surface area contributed by atoms with Gasteiger partial charge < -0.3 is 95.1 Å². The van der Waals surface area contributed by atoms with Crippen LogP contribution in [0.5, 0.6) is 115 Å². The highest BCUT2D eigenvalue weighted by molar-refractivity contribution is 5.64. The fraction of sp³-hybridized carbons (Fsp3) is 0.484. The smallest absolute Gasteiger partial charge is 0.231 e. The third kappa shape index (κ3) is 15.0. The number of methoxy groups -OCH3 is 7. The summed E-state index contributed by atoms with van der Waals surface area (Å²) in [6.45, 7) is 20.6. The molecule has 12 heterocycles. The van der Waals surface area contributed by atoms with Gasteiger partial charge in [0.15, 0.2) is 92.9 Å². The van der Waals surface area contributed by atoms with E-state index in [1.165, 1.54) is 63.4 Å². The summed E-state index contributed by atoms with van der Waals surface area (Å²) in [7, 11) is 11.6. The molecule has 0 saturated carbocycles. The highest BCUT2D eigenvalue weighted by atomic mass is 16.7. The zero-order valence-electron chi connectivity index (χ0n) is 69.3. The summed E-state index contributed by atoms with van der Waals surface area (Å²) in [4.78, 5) is 9.84. The van der Waals surface area contributed by atoms with Gasteiger partial charge in [-0.05, 0) is 137 Å². The lowest BCUT2D eigenvalue weighted by molar-refractivity contribution is -0.114.